The van der Waals surface area contributed by atoms with Gasteiger partial charge in [-0.05, 0) is 12.0 Å². The number of nitro benzene ring substituents is 1. The molecule has 0 heterocycles. The average Bonchev–Trinajstić information content (AvgIpc) is 2.43. The fraction of sp³-hybridized carbons (Fsp3) is 0.533. The number of nitrogens with zero attached hydrogens (tertiary/aromatic N) is 1. The highest BCUT2D eigenvalue weighted by atomic mass is 16.6. The van der Waals surface area contributed by atoms with Gasteiger partial charge in [0.05, 0.1) is 11.0 Å². The molecule has 0 radical (unpaired) electrons. The lowest BCUT2D eigenvalue weighted by Gasteiger charge is -2.33. The lowest BCUT2D eigenvalue weighted by molar-refractivity contribution is -0.384. The van der Waals surface area contributed by atoms with Crippen molar-refractivity contribution in [1.29, 1.82) is 0 Å². The van der Waals surface area contributed by atoms with Crippen molar-refractivity contribution in [2.45, 2.75) is 33.8 Å². The number of hydrogen-bond donors (Lipinski definition) is 2. The van der Waals surface area contributed by atoms with E-state index in [9.17, 15) is 20.0 Å². The van der Waals surface area contributed by atoms with E-state index in [1.54, 1.807) is 0 Å². The van der Waals surface area contributed by atoms with Gasteiger partial charge >= 0.3 is 0 Å². The highest BCUT2D eigenvalue weighted by molar-refractivity contribution is 5.94. The number of carbonyl (C=O) groups is 1. The Morgan fingerprint density at radius 2 is 2.05 bits per heavy atom. The van der Waals surface area contributed by atoms with Crippen molar-refractivity contribution in [2.24, 2.45) is 11.3 Å². The van der Waals surface area contributed by atoms with E-state index >= 15 is 0 Å². The minimum atomic E-state index is -0.553. The molecule has 0 aliphatic carbocycles. The zero-order valence-corrected chi connectivity index (χ0v) is 12.8. The molecule has 116 valence electrons. The van der Waals surface area contributed by atoms with Crippen LogP contribution in [-0.4, -0.2) is 28.6 Å². The molecule has 0 spiro atoms. The van der Waals surface area contributed by atoms with Crippen LogP contribution in [0.3, 0.4) is 0 Å². The van der Waals surface area contributed by atoms with Gasteiger partial charge in [0.15, 0.2) is 0 Å². The highest BCUT2D eigenvalue weighted by Crippen LogP contribution is 2.25. The van der Waals surface area contributed by atoms with Crippen molar-refractivity contribution < 1.29 is 14.8 Å². The Bertz CT molecular complexity index is 526. The first-order chi connectivity index (χ1) is 9.65. The van der Waals surface area contributed by atoms with Crippen LogP contribution in [0.1, 0.15) is 38.1 Å². The molecule has 1 amide bonds. The molecule has 1 unspecified atom stereocenters. The molecule has 0 saturated carbocycles. The first-order valence-electron chi connectivity index (χ1n) is 6.86. The molecular formula is C15H22N2O4. The molecule has 1 rings (SSSR count). The van der Waals surface area contributed by atoms with E-state index in [1.165, 1.54) is 24.3 Å². The van der Waals surface area contributed by atoms with E-state index in [-0.39, 0.29) is 29.6 Å². The summed E-state index contributed by atoms with van der Waals surface area (Å²) in [7, 11) is 0. The molecule has 0 bridgehead atoms. The predicted molar refractivity (Wildman–Crippen MR) is 80.1 cm³/mol. The fourth-order valence-electron chi connectivity index (χ4n) is 2.18. The molecule has 1 atom stereocenters. The maximum Gasteiger partial charge on any atom is 0.270 e. The second-order valence-electron chi connectivity index (χ2n) is 6.17. The third kappa shape index (κ3) is 4.53. The zero-order valence-electron chi connectivity index (χ0n) is 12.8. The van der Waals surface area contributed by atoms with Gasteiger partial charge in [0.1, 0.15) is 0 Å². The summed E-state index contributed by atoms with van der Waals surface area (Å²) in [6, 6.07) is 5.57. The van der Waals surface area contributed by atoms with E-state index in [0.717, 1.165) is 0 Å². The van der Waals surface area contributed by atoms with Gasteiger partial charge in [-0.2, -0.15) is 0 Å². The average molecular weight is 294 g/mol. The van der Waals surface area contributed by atoms with Crippen molar-refractivity contribution in [3.63, 3.8) is 0 Å². The van der Waals surface area contributed by atoms with Crippen LogP contribution in [0, 0.1) is 21.4 Å². The van der Waals surface area contributed by atoms with Crippen LogP contribution in [0.5, 0.6) is 0 Å². The lowest BCUT2D eigenvalue weighted by atomic mass is 9.80. The lowest BCUT2D eigenvalue weighted by Crippen LogP contribution is -2.43. The van der Waals surface area contributed by atoms with E-state index in [2.05, 4.69) is 5.32 Å². The van der Waals surface area contributed by atoms with Crippen LogP contribution in [0.15, 0.2) is 24.3 Å². The summed E-state index contributed by atoms with van der Waals surface area (Å²) in [5.41, 5.74) is -0.368. The standard InChI is InChI=1S/C15H22N2O4/c1-10(2)13(18)15(3,4)9-16-14(19)11-6-5-7-12(8-11)17(20)21/h5-8,10,13,18H,9H2,1-4H3,(H,16,19). The Labute approximate surface area is 124 Å². The molecule has 1 aromatic rings. The van der Waals surface area contributed by atoms with E-state index in [1.807, 2.05) is 27.7 Å². The van der Waals surface area contributed by atoms with Gasteiger partial charge in [0, 0.05) is 29.7 Å². The number of nitrogens with one attached hydrogen (secondary N) is 1. The van der Waals surface area contributed by atoms with Crippen molar-refractivity contribution in [3.05, 3.63) is 39.9 Å². The molecule has 0 saturated heterocycles. The van der Waals surface area contributed by atoms with Gasteiger partial charge < -0.3 is 10.4 Å². The Morgan fingerprint density at radius 3 is 2.57 bits per heavy atom. The maximum atomic E-state index is 12.0. The van der Waals surface area contributed by atoms with E-state index in [4.69, 9.17) is 0 Å². The van der Waals surface area contributed by atoms with Gasteiger partial charge in [-0.15, -0.1) is 0 Å². The van der Waals surface area contributed by atoms with Crippen LogP contribution < -0.4 is 5.32 Å². The van der Waals surface area contributed by atoms with Crippen LogP contribution in [0.2, 0.25) is 0 Å². The second kappa shape index (κ2) is 6.67. The molecule has 21 heavy (non-hydrogen) atoms. The third-order valence-electron chi connectivity index (χ3n) is 3.46. The second-order valence-corrected chi connectivity index (χ2v) is 6.17. The number of rotatable bonds is 6. The normalized spacial score (nSPS) is 13.0. The quantitative estimate of drug-likeness (QED) is 0.622. The van der Waals surface area contributed by atoms with Crippen molar-refractivity contribution in [2.75, 3.05) is 6.54 Å². The zero-order chi connectivity index (χ0) is 16.2. The smallest absolute Gasteiger partial charge is 0.270 e. The van der Waals surface area contributed by atoms with Gasteiger partial charge in [0.25, 0.3) is 11.6 Å². The van der Waals surface area contributed by atoms with Gasteiger partial charge in [-0.3, -0.25) is 14.9 Å². The van der Waals surface area contributed by atoms with Gasteiger partial charge in [-0.25, -0.2) is 0 Å². The molecule has 6 nitrogen and oxygen atoms in total. The summed E-state index contributed by atoms with van der Waals surface area (Å²) in [4.78, 5) is 22.2. The number of aliphatic hydroxyl groups excluding tert-OH is 1. The van der Waals surface area contributed by atoms with Crippen molar-refractivity contribution in [1.82, 2.24) is 5.32 Å². The summed E-state index contributed by atoms with van der Waals surface area (Å²) < 4.78 is 0. The minimum absolute atomic E-state index is 0.0784. The summed E-state index contributed by atoms with van der Waals surface area (Å²) in [6.07, 6.45) is -0.553. The number of nitro groups is 1. The van der Waals surface area contributed by atoms with Crippen LogP contribution in [-0.2, 0) is 0 Å². The van der Waals surface area contributed by atoms with Gasteiger partial charge in [-0.1, -0.05) is 33.8 Å². The first-order valence-corrected chi connectivity index (χ1v) is 6.86. The molecule has 0 fully saturated rings. The third-order valence-corrected chi connectivity index (χ3v) is 3.46. The van der Waals surface area contributed by atoms with Gasteiger partial charge in [0.2, 0.25) is 0 Å². The molecule has 0 aromatic heterocycles. The van der Waals surface area contributed by atoms with E-state index < -0.39 is 16.4 Å². The van der Waals surface area contributed by atoms with Crippen molar-refractivity contribution >= 4 is 11.6 Å². The summed E-state index contributed by atoms with van der Waals surface area (Å²) >= 11 is 0. The van der Waals surface area contributed by atoms with Crippen LogP contribution in [0.25, 0.3) is 0 Å². The predicted octanol–water partition coefficient (Wildman–Crippen LogP) is 2.37. The number of amides is 1. The molecule has 2 N–H and O–H groups in total. The molecule has 0 aliphatic heterocycles. The fourth-order valence-corrected chi connectivity index (χ4v) is 2.18. The molecule has 6 heteroatoms. The number of carbonyl (C=O) groups excluding carboxylic acids is 1. The summed E-state index contributed by atoms with van der Waals surface area (Å²) in [5.74, 6) is -0.308. The Morgan fingerprint density at radius 1 is 1.43 bits per heavy atom. The maximum absolute atomic E-state index is 12.0. The number of hydrogen-bond acceptors (Lipinski definition) is 4. The largest absolute Gasteiger partial charge is 0.392 e. The molecular weight excluding hydrogens is 272 g/mol. The Balaban J connectivity index is 2.74. The first kappa shape index (κ1) is 17.1. The summed E-state index contributed by atoms with van der Waals surface area (Å²) in [6.45, 7) is 7.84. The molecule has 0 aliphatic rings. The Hall–Kier alpha value is -1.95. The highest BCUT2D eigenvalue weighted by Gasteiger charge is 2.30. The summed E-state index contributed by atoms with van der Waals surface area (Å²) in [5, 5.41) is 23.5. The Kier molecular flexibility index (Phi) is 5.43. The molecule has 1 aromatic carbocycles. The van der Waals surface area contributed by atoms with Crippen LogP contribution >= 0.6 is 0 Å². The SMILES string of the molecule is CC(C)C(O)C(C)(C)CNC(=O)c1cccc([N+](=O)[O-])c1. The van der Waals surface area contributed by atoms with Crippen LogP contribution in [0.4, 0.5) is 5.69 Å². The monoisotopic (exact) mass is 294 g/mol. The van der Waals surface area contributed by atoms with E-state index in [0.29, 0.717) is 0 Å². The van der Waals surface area contributed by atoms with Crippen molar-refractivity contribution in [3.8, 4) is 0 Å². The topological polar surface area (TPSA) is 92.5 Å². The number of non-ortho nitro benzene ring substituents is 1. The minimum Gasteiger partial charge on any atom is -0.392 e. The number of benzene rings is 1. The number of aliphatic hydroxyl groups is 1.